The van der Waals surface area contributed by atoms with Crippen molar-refractivity contribution in [3.63, 3.8) is 0 Å². The zero-order valence-corrected chi connectivity index (χ0v) is 11.5. The minimum absolute atomic E-state index is 0.0957. The van der Waals surface area contributed by atoms with Crippen molar-refractivity contribution in [3.8, 4) is 0 Å². The van der Waals surface area contributed by atoms with Crippen molar-refractivity contribution in [2.45, 2.75) is 13.3 Å². The fourth-order valence-corrected chi connectivity index (χ4v) is 2.86. The van der Waals surface area contributed by atoms with Crippen LogP contribution in [-0.2, 0) is 9.59 Å². The van der Waals surface area contributed by atoms with Crippen LogP contribution < -0.4 is 10.2 Å². The summed E-state index contributed by atoms with van der Waals surface area (Å²) in [6, 6.07) is 3.75. The lowest BCUT2D eigenvalue weighted by Gasteiger charge is -2.23. The van der Waals surface area contributed by atoms with Gasteiger partial charge >= 0.3 is 5.97 Å². The normalized spacial score (nSPS) is 14.8. The van der Waals surface area contributed by atoms with Gasteiger partial charge in [0.1, 0.15) is 6.54 Å². The van der Waals surface area contributed by atoms with Crippen LogP contribution in [0, 0.1) is 6.92 Å². The molecule has 0 spiro atoms. The van der Waals surface area contributed by atoms with Crippen LogP contribution in [0.4, 0.5) is 11.4 Å². The van der Waals surface area contributed by atoms with E-state index in [2.05, 4.69) is 21.2 Å². The van der Waals surface area contributed by atoms with Gasteiger partial charge in [-0.2, -0.15) is 0 Å². The van der Waals surface area contributed by atoms with Crippen molar-refractivity contribution < 1.29 is 14.7 Å². The lowest BCUT2D eigenvalue weighted by Crippen LogP contribution is -2.30. The predicted molar refractivity (Wildman–Crippen MR) is 72.0 cm³/mol. The number of carboxylic acids is 1. The molecule has 0 saturated heterocycles. The first-order valence-corrected chi connectivity index (χ1v) is 6.33. The number of amides is 1. The van der Waals surface area contributed by atoms with Crippen LogP contribution in [0.25, 0.3) is 0 Å². The van der Waals surface area contributed by atoms with Crippen LogP contribution >= 0.6 is 15.9 Å². The van der Waals surface area contributed by atoms with Crippen molar-refractivity contribution in [1.29, 1.82) is 0 Å². The number of aliphatic carboxylic acids is 1. The third kappa shape index (κ3) is 2.64. The van der Waals surface area contributed by atoms with E-state index in [4.69, 9.17) is 5.11 Å². The molecule has 0 saturated carbocycles. The third-order valence-electron chi connectivity index (χ3n) is 2.73. The minimum atomic E-state index is -0.914. The molecule has 0 atom stereocenters. The van der Waals surface area contributed by atoms with Crippen LogP contribution in [0.1, 0.15) is 12.0 Å². The SMILES string of the molecule is Cc1cc(Br)c2c(c1)NC(=O)CCN2CC(=O)O. The molecule has 0 radical (unpaired) electrons. The number of nitrogens with one attached hydrogen (secondary N) is 1. The molecule has 0 bridgehead atoms. The molecule has 1 aromatic carbocycles. The second kappa shape index (κ2) is 4.97. The summed E-state index contributed by atoms with van der Waals surface area (Å²) in [5.41, 5.74) is 2.39. The van der Waals surface area contributed by atoms with E-state index in [-0.39, 0.29) is 18.9 Å². The maximum atomic E-state index is 11.6. The van der Waals surface area contributed by atoms with E-state index in [0.29, 0.717) is 12.2 Å². The summed E-state index contributed by atoms with van der Waals surface area (Å²) < 4.78 is 0.793. The Hall–Kier alpha value is -1.56. The first-order chi connectivity index (χ1) is 8.47. The molecule has 6 heteroatoms. The van der Waals surface area contributed by atoms with E-state index >= 15 is 0 Å². The monoisotopic (exact) mass is 312 g/mol. The maximum Gasteiger partial charge on any atom is 0.323 e. The molecule has 0 aromatic heterocycles. The molecule has 1 heterocycles. The molecule has 2 rings (SSSR count). The lowest BCUT2D eigenvalue weighted by molar-refractivity contribution is -0.135. The summed E-state index contributed by atoms with van der Waals surface area (Å²) in [5.74, 6) is -1.01. The third-order valence-corrected chi connectivity index (χ3v) is 3.34. The number of hydrogen-bond donors (Lipinski definition) is 2. The Morgan fingerprint density at radius 1 is 1.56 bits per heavy atom. The fraction of sp³-hybridized carbons (Fsp3) is 0.333. The van der Waals surface area contributed by atoms with Gasteiger partial charge in [-0.15, -0.1) is 0 Å². The van der Waals surface area contributed by atoms with Crippen LogP contribution in [0.5, 0.6) is 0 Å². The zero-order valence-electron chi connectivity index (χ0n) is 9.86. The van der Waals surface area contributed by atoms with Crippen molar-refractivity contribution >= 4 is 39.2 Å². The summed E-state index contributed by atoms with van der Waals surface area (Å²) in [4.78, 5) is 24.2. The number of carboxylic acid groups (broad SMARTS) is 1. The van der Waals surface area contributed by atoms with E-state index < -0.39 is 5.97 Å². The largest absolute Gasteiger partial charge is 0.480 e. The summed E-state index contributed by atoms with van der Waals surface area (Å²) in [5, 5.41) is 11.7. The van der Waals surface area contributed by atoms with E-state index in [1.54, 1.807) is 4.90 Å². The Morgan fingerprint density at radius 3 is 2.94 bits per heavy atom. The van der Waals surface area contributed by atoms with Gasteiger partial charge in [-0.3, -0.25) is 9.59 Å². The average molecular weight is 313 g/mol. The van der Waals surface area contributed by atoms with Gasteiger partial charge in [0.05, 0.1) is 11.4 Å². The van der Waals surface area contributed by atoms with Gasteiger partial charge in [0.25, 0.3) is 0 Å². The highest BCUT2D eigenvalue weighted by Gasteiger charge is 2.23. The Kier molecular flexibility index (Phi) is 3.56. The predicted octanol–water partition coefficient (Wildman–Crippen LogP) is 1.99. The number of halogens is 1. The topological polar surface area (TPSA) is 69.6 Å². The highest BCUT2D eigenvalue weighted by molar-refractivity contribution is 9.10. The molecule has 96 valence electrons. The Morgan fingerprint density at radius 2 is 2.28 bits per heavy atom. The number of carbonyl (C=O) groups is 2. The Labute approximate surface area is 113 Å². The van der Waals surface area contributed by atoms with Gasteiger partial charge in [-0.05, 0) is 40.5 Å². The Balaban J connectivity index is 2.49. The molecule has 2 N–H and O–H groups in total. The fourth-order valence-electron chi connectivity index (χ4n) is 2.03. The van der Waals surface area contributed by atoms with Crippen molar-refractivity contribution in [1.82, 2.24) is 0 Å². The molecule has 1 aliphatic rings. The summed E-state index contributed by atoms with van der Waals surface area (Å²) >= 11 is 3.43. The van der Waals surface area contributed by atoms with Crippen molar-refractivity contribution in [2.24, 2.45) is 0 Å². The molecule has 0 fully saturated rings. The van der Waals surface area contributed by atoms with Crippen molar-refractivity contribution in [3.05, 3.63) is 22.2 Å². The maximum absolute atomic E-state index is 11.6. The summed E-state index contributed by atoms with van der Waals surface area (Å²) in [7, 11) is 0. The molecule has 18 heavy (non-hydrogen) atoms. The number of aryl methyl sites for hydroxylation is 1. The standard InChI is InChI=1S/C12H13BrN2O3/c1-7-4-8(13)12-9(5-7)14-10(16)2-3-15(12)6-11(17)18/h4-5H,2-3,6H2,1H3,(H,14,16)(H,17,18). The number of nitrogens with zero attached hydrogens (tertiary/aromatic N) is 1. The molecule has 5 nitrogen and oxygen atoms in total. The van der Waals surface area contributed by atoms with Gasteiger partial charge < -0.3 is 15.3 Å². The number of carbonyl (C=O) groups excluding carboxylic acids is 1. The van der Waals surface area contributed by atoms with Crippen LogP contribution in [-0.4, -0.2) is 30.1 Å². The summed E-state index contributed by atoms with van der Waals surface area (Å²) in [6.07, 6.45) is 0.285. The smallest absolute Gasteiger partial charge is 0.323 e. The van der Waals surface area contributed by atoms with E-state index in [1.807, 2.05) is 19.1 Å². The first-order valence-electron chi connectivity index (χ1n) is 5.54. The Bertz CT molecular complexity index is 516. The number of rotatable bonds is 2. The minimum Gasteiger partial charge on any atom is -0.480 e. The zero-order chi connectivity index (χ0) is 13.3. The highest BCUT2D eigenvalue weighted by atomic mass is 79.9. The highest BCUT2D eigenvalue weighted by Crippen LogP contribution is 2.37. The van der Waals surface area contributed by atoms with E-state index in [0.717, 1.165) is 15.7 Å². The van der Waals surface area contributed by atoms with Gasteiger partial charge in [0.2, 0.25) is 5.91 Å². The second-order valence-corrected chi connectivity index (χ2v) is 5.11. The average Bonchev–Trinajstić information content (AvgIpc) is 2.37. The number of anilines is 2. The lowest BCUT2D eigenvalue weighted by atomic mass is 10.1. The van der Waals surface area contributed by atoms with Crippen LogP contribution in [0.3, 0.4) is 0 Å². The van der Waals surface area contributed by atoms with E-state index in [9.17, 15) is 9.59 Å². The molecule has 1 aromatic rings. The molecular weight excluding hydrogens is 300 g/mol. The number of hydrogen-bond acceptors (Lipinski definition) is 3. The van der Waals surface area contributed by atoms with Crippen LogP contribution in [0.2, 0.25) is 0 Å². The van der Waals surface area contributed by atoms with Gasteiger partial charge in [0, 0.05) is 17.4 Å². The van der Waals surface area contributed by atoms with Gasteiger partial charge in [0.15, 0.2) is 0 Å². The molecular formula is C12H13BrN2O3. The van der Waals surface area contributed by atoms with Crippen molar-refractivity contribution in [2.75, 3.05) is 23.3 Å². The number of benzene rings is 1. The summed E-state index contributed by atoms with van der Waals surface area (Å²) in [6.45, 7) is 2.19. The molecule has 1 aliphatic heterocycles. The van der Waals surface area contributed by atoms with E-state index in [1.165, 1.54) is 0 Å². The van der Waals surface area contributed by atoms with Gasteiger partial charge in [-0.1, -0.05) is 0 Å². The molecule has 1 amide bonds. The quantitative estimate of drug-likeness (QED) is 0.876. The second-order valence-electron chi connectivity index (χ2n) is 4.26. The first kappa shape index (κ1) is 12.9. The van der Waals surface area contributed by atoms with Crippen LogP contribution in [0.15, 0.2) is 16.6 Å². The number of fused-ring (bicyclic) bond motifs is 1. The van der Waals surface area contributed by atoms with Gasteiger partial charge in [-0.25, -0.2) is 0 Å². The molecule has 0 unspecified atom stereocenters. The molecule has 0 aliphatic carbocycles.